The average molecular weight is 1260 g/mol. The Morgan fingerprint density at radius 2 is 0.618 bits per heavy atom. The van der Waals surface area contributed by atoms with E-state index >= 15 is 0 Å². The van der Waals surface area contributed by atoms with Gasteiger partial charge < -0.3 is 72.5 Å². The second kappa shape index (κ2) is 37.7. The Morgan fingerprint density at radius 3 is 0.789 bits per heavy atom. The summed E-state index contributed by atoms with van der Waals surface area (Å²) in [6.45, 7) is 2.86. The SMILES string of the molecule is CC#N.CC#N.COC(=O)[C-]=C(C(=O)OC)/C(C(=O)OC)=C(/C(=O)OC)C(=[C-]C(=O)OC)C(=O)OC.F[B-](F)(F)F.F[B-](F)(F)F.[Pd+2].[Pd+2].c1cnc2c(c1)ccc1cccnc12.c1cnc2c(c1)ccc1cccnc12. The van der Waals surface area contributed by atoms with Gasteiger partial charge in [0.15, 0.2) is 0 Å². The zero-order chi connectivity index (χ0) is 56.6. The normalized spacial score (nSPS) is 10.6. The van der Waals surface area contributed by atoms with Gasteiger partial charge in [-0.3, -0.25) is 39.1 Å². The summed E-state index contributed by atoms with van der Waals surface area (Å²) in [7, 11) is -6.58. The van der Waals surface area contributed by atoms with Crippen molar-refractivity contribution < 1.29 is 133 Å². The minimum atomic E-state index is -6.00. The van der Waals surface area contributed by atoms with Crippen LogP contribution in [0.2, 0.25) is 0 Å². The Balaban J connectivity index is -0.000000959. The molecule has 0 amide bonds. The van der Waals surface area contributed by atoms with Crippen LogP contribution in [0, 0.1) is 34.8 Å². The number of benzene rings is 2. The van der Waals surface area contributed by atoms with Crippen molar-refractivity contribution in [2.75, 3.05) is 42.7 Å². The third-order valence-corrected chi connectivity index (χ3v) is 7.82. The van der Waals surface area contributed by atoms with Crippen molar-refractivity contribution in [3.63, 3.8) is 0 Å². The van der Waals surface area contributed by atoms with E-state index in [0.717, 1.165) is 86.3 Å². The number of fused-ring (bicyclic) bond motifs is 6. The first kappa shape index (κ1) is 72.2. The summed E-state index contributed by atoms with van der Waals surface area (Å²) in [6, 6.07) is 27.8. The summed E-state index contributed by atoms with van der Waals surface area (Å²) in [6.07, 6.45) is 11.0. The number of ether oxygens (including phenoxy) is 6. The van der Waals surface area contributed by atoms with E-state index < -0.39 is 72.6 Å². The largest absolute Gasteiger partial charge is 2.00 e. The quantitative estimate of drug-likeness (QED) is 0.0204. The molecule has 6 rings (SSSR count). The predicted molar refractivity (Wildman–Crippen MR) is 250 cm³/mol. The van der Waals surface area contributed by atoms with Crippen LogP contribution in [0.15, 0.2) is 120 Å². The molecule has 0 fully saturated rings. The van der Waals surface area contributed by atoms with Gasteiger partial charge in [0.05, 0.1) is 76.9 Å². The first-order valence-electron chi connectivity index (χ1n) is 19.9. The molecule has 0 bridgehead atoms. The third-order valence-electron chi connectivity index (χ3n) is 7.82. The summed E-state index contributed by atoms with van der Waals surface area (Å²) in [5.74, 6) is -7.99. The standard InChI is InChI=1S/C18H18O12.2C12H8N2.2C2H3N.2BF4.2Pd/c1-25-11(19)7-9(15(21)27-3)13(17(23)29-5)14(18(24)30-6)10(16(22)28-4)8-12(20)26-2;2*1-3-9-5-6-10-4-2-8-14-12(10)11(9)13-7-1;2*1-2-3;2*2-1(3,4)5;;/h1-6H3;2*1-8H;2*1H3;;;;/q-2;;;;;2*-1;2*+2/b14-13-;;;;;;;;. The van der Waals surface area contributed by atoms with Crippen LogP contribution >= 0.6 is 0 Å². The molecule has 18 nitrogen and oxygen atoms in total. The fraction of sp³-hybridized carbons (Fsp3) is 0.174. The number of halogens is 8. The molecule has 0 radical (unpaired) electrons. The van der Waals surface area contributed by atoms with Gasteiger partial charge in [0.2, 0.25) is 11.9 Å². The molecule has 0 atom stereocenters. The number of hydrogen-bond donors (Lipinski definition) is 0. The van der Waals surface area contributed by atoms with Crippen LogP contribution < -0.4 is 0 Å². The van der Waals surface area contributed by atoms with Crippen molar-refractivity contribution >= 4 is 93.9 Å². The fourth-order valence-electron chi connectivity index (χ4n) is 5.16. The number of pyridine rings is 4. The number of nitriles is 2. The number of rotatable bonds is 8. The minimum absolute atomic E-state index is 0. The summed E-state index contributed by atoms with van der Waals surface area (Å²) in [4.78, 5) is 90.1. The molecule has 4 heterocycles. The topological polar surface area (TPSA) is 257 Å². The molecule has 0 N–H and O–H groups in total. The van der Waals surface area contributed by atoms with Gasteiger partial charge in [-0.2, -0.15) is 10.5 Å². The second-order valence-electron chi connectivity index (χ2n) is 12.6. The van der Waals surface area contributed by atoms with E-state index in [4.69, 9.17) is 10.5 Å². The van der Waals surface area contributed by atoms with E-state index in [1.165, 1.54) is 13.8 Å². The molecular weight excluding hydrogens is 1210 g/mol. The molecule has 2 aromatic carbocycles. The van der Waals surface area contributed by atoms with Crippen molar-refractivity contribution in [2.45, 2.75) is 13.8 Å². The molecular formula is C46H40B2F8N6O12Pd2. The van der Waals surface area contributed by atoms with Gasteiger partial charge in [0, 0.05) is 60.2 Å². The van der Waals surface area contributed by atoms with Crippen molar-refractivity contribution in [1.29, 1.82) is 10.5 Å². The molecule has 0 unspecified atom stereocenters. The van der Waals surface area contributed by atoms with E-state index in [1.807, 2.05) is 36.4 Å². The molecule has 76 heavy (non-hydrogen) atoms. The van der Waals surface area contributed by atoms with Crippen LogP contribution in [-0.4, -0.2) is 113 Å². The Labute approximate surface area is 455 Å². The van der Waals surface area contributed by atoms with Crippen LogP contribution in [0.4, 0.5) is 34.5 Å². The van der Waals surface area contributed by atoms with Crippen LogP contribution in [0.5, 0.6) is 0 Å². The summed E-state index contributed by atoms with van der Waals surface area (Å²) >= 11 is 0. The number of esters is 6. The number of methoxy groups -OCH3 is 6. The molecule has 0 saturated heterocycles. The van der Waals surface area contributed by atoms with E-state index in [0.29, 0.717) is 0 Å². The van der Waals surface area contributed by atoms with Gasteiger partial charge in [0.25, 0.3) is 23.9 Å². The van der Waals surface area contributed by atoms with Crippen molar-refractivity contribution in [3.8, 4) is 12.1 Å². The van der Waals surface area contributed by atoms with Crippen LogP contribution in [0.25, 0.3) is 43.6 Å². The zero-order valence-corrected chi connectivity index (χ0v) is 43.7. The van der Waals surface area contributed by atoms with E-state index in [1.54, 1.807) is 36.9 Å². The van der Waals surface area contributed by atoms with Crippen molar-refractivity contribution in [2.24, 2.45) is 0 Å². The van der Waals surface area contributed by atoms with Crippen LogP contribution in [-0.2, 0) is 98.0 Å². The Morgan fingerprint density at radius 1 is 0.421 bits per heavy atom. The molecule has 408 valence electrons. The fourth-order valence-corrected chi connectivity index (χ4v) is 5.16. The van der Waals surface area contributed by atoms with Crippen LogP contribution in [0.1, 0.15) is 13.8 Å². The molecule has 0 aliphatic heterocycles. The molecule has 30 heteroatoms. The minimum Gasteiger partial charge on any atom is -0.523 e. The number of carbonyl (C=O) groups is 6. The zero-order valence-electron chi connectivity index (χ0n) is 40.6. The maximum absolute atomic E-state index is 12.5. The Hall–Kier alpha value is -8.01. The van der Waals surface area contributed by atoms with Gasteiger partial charge in [-0.1, -0.05) is 71.8 Å². The average Bonchev–Trinajstić information content (AvgIpc) is 3.37. The second-order valence-corrected chi connectivity index (χ2v) is 12.6. The molecule has 6 aromatic rings. The predicted octanol–water partition coefficient (Wildman–Crippen LogP) is 8.00. The Bertz CT molecular complexity index is 2760. The van der Waals surface area contributed by atoms with Crippen LogP contribution in [0.3, 0.4) is 0 Å². The number of nitrogens with zero attached hydrogens (tertiary/aromatic N) is 6. The van der Waals surface area contributed by atoms with E-state index in [2.05, 4.69) is 96.9 Å². The van der Waals surface area contributed by atoms with E-state index in [9.17, 15) is 63.3 Å². The number of aromatic nitrogens is 4. The molecule has 0 aliphatic rings. The monoisotopic (exact) mass is 1250 g/mol. The molecule has 4 aromatic heterocycles. The maximum atomic E-state index is 12.5. The smallest absolute Gasteiger partial charge is 0.523 e. The number of carbonyl (C=O) groups excluding carboxylic acids is 6. The molecule has 0 aliphatic carbocycles. The molecule has 0 spiro atoms. The Kier molecular flexibility index (Phi) is 35.8. The number of hydrogen-bond acceptors (Lipinski definition) is 18. The summed E-state index contributed by atoms with van der Waals surface area (Å²) < 4.78 is 105. The van der Waals surface area contributed by atoms with Crippen molar-refractivity contribution in [3.05, 3.63) is 132 Å². The van der Waals surface area contributed by atoms with Gasteiger partial charge in [-0.05, 0) is 24.3 Å². The first-order valence-corrected chi connectivity index (χ1v) is 19.9. The van der Waals surface area contributed by atoms with Gasteiger partial charge >= 0.3 is 55.4 Å². The molecule has 0 saturated carbocycles. The van der Waals surface area contributed by atoms with Crippen molar-refractivity contribution in [1.82, 2.24) is 19.9 Å². The summed E-state index contributed by atoms with van der Waals surface area (Å²) in [5.41, 5.74) is -0.0569. The van der Waals surface area contributed by atoms with Gasteiger partial charge in [-0.25, -0.2) is 0 Å². The third kappa shape index (κ3) is 26.8. The maximum Gasteiger partial charge on any atom is 2.00 e. The van der Waals surface area contributed by atoms with E-state index in [-0.39, 0.29) is 40.8 Å². The summed E-state index contributed by atoms with van der Waals surface area (Å²) in [5, 5.41) is 19.2. The van der Waals surface area contributed by atoms with Gasteiger partial charge in [-0.15, -0.1) is 11.1 Å². The van der Waals surface area contributed by atoms with Gasteiger partial charge in [0.1, 0.15) is 0 Å². The first-order chi connectivity index (χ1) is 34.8.